The van der Waals surface area contributed by atoms with Crippen molar-refractivity contribution in [1.29, 1.82) is 0 Å². The molecule has 136 valence electrons. The highest BCUT2D eigenvalue weighted by molar-refractivity contribution is 9.10. The molecule has 2 aromatic carbocycles. The van der Waals surface area contributed by atoms with E-state index < -0.39 is 29.4 Å². The first kappa shape index (κ1) is 17.9. The van der Waals surface area contributed by atoms with Gasteiger partial charge in [0.05, 0.1) is 11.1 Å². The quantitative estimate of drug-likeness (QED) is 0.578. The molecule has 1 amide bonds. The minimum absolute atomic E-state index is 0.273. The monoisotopic (exact) mass is 439 g/mol. The second-order valence-electron chi connectivity index (χ2n) is 6.58. The second-order valence-corrected chi connectivity index (χ2v) is 7.87. The van der Waals surface area contributed by atoms with Gasteiger partial charge in [0.2, 0.25) is 5.91 Å². The van der Waals surface area contributed by atoms with Gasteiger partial charge in [-0.1, -0.05) is 29.8 Å². The first-order valence-electron chi connectivity index (χ1n) is 8.09. The molecule has 1 spiro atoms. The minimum atomic E-state index is -1.28. The molecular formula is C18H16BrClFN3O2. The van der Waals surface area contributed by atoms with E-state index in [-0.39, 0.29) is 12.5 Å². The predicted octanol–water partition coefficient (Wildman–Crippen LogP) is 2.46. The first-order chi connectivity index (χ1) is 12.4. The summed E-state index contributed by atoms with van der Waals surface area (Å²) in [6, 6.07) is 8.73. The van der Waals surface area contributed by atoms with Gasteiger partial charge in [0, 0.05) is 34.3 Å². The fourth-order valence-corrected chi connectivity index (χ4v) is 4.68. The number of fused-ring (bicyclic) bond motifs is 2. The summed E-state index contributed by atoms with van der Waals surface area (Å²) in [6.07, 6.45) is 0. The summed E-state index contributed by atoms with van der Waals surface area (Å²) >= 11 is 9.24. The Balaban J connectivity index is 1.97. The van der Waals surface area contributed by atoms with Crippen LogP contribution >= 0.6 is 27.5 Å². The summed E-state index contributed by atoms with van der Waals surface area (Å²) in [6.45, 7) is -0.273. The highest BCUT2D eigenvalue weighted by Crippen LogP contribution is 2.52. The van der Waals surface area contributed by atoms with Gasteiger partial charge in [-0.2, -0.15) is 0 Å². The lowest BCUT2D eigenvalue weighted by atomic mass is 9.74. The van der Waals surface area contributed by atoms with E-state index in [4.69, 9.17) is 17.3 Å². The molecule has 0 aromatic heterocycles. The third kappa shape index (κ3) is 2.35. The molecular weight excluding hydrogens is 425 g/mol. The SMILES string of the molecule is N[C@@H]1[C@H](CO)N[C@@]2(C(=O)Nc3cc(Cl)ccc32)[C@H]1c1cccc(Br)c1F. The number of anilines is 1. The highest BCUT2D eigenvalue weighted by Gasteiger charge is 2.61. The Morgan fingerprint density at radius 3 is 2.85 bits per heavy atom. The number of nitrogens with two attached hydrogens (primary N) is 1. The van der Waals surface area contributed by atoms with Crippen molar-refractivity contribution in [3.05, 3.63) is 62.8 Å². The number of hydrogen-bond acceptors (Lipinski definition) is 4. The average molecular weight is 441 g/mol. The molecule has 2 aliphatic heterocycles. The van der Waals surface area contributed by atoms with Crippen molar-refractivity contribution in [3.8, 4) is 0 Å². The summed E-state index contributed by atoms with van der Waals surface area (Å²) in [7, 11) is 0. The van der Waals surface area contributed by atoms with Crippen molar-refractivity contribution in [1.82, 2.24) is 5.32 Å². The van der Waals surface area contributed by atoms with Gasteiger partial charge < -0.3 is 16.2 Å². The van der Waals surface area contributed by atoms with Crippen LogP contribution in [0, 0.1) is 5.82 Å². The zero-order valence-corrected chi connectivity index (χ0v) is 15.8. The van der Waals surface area contributed by atoms with Crippen molar-refractivity contribution in [3.63, 3.8) is 0 Å². The van der Waals surface area contributed by atoms with Crippen LogP contribution in [0.15, 0.2) is 40.9 Å². The van der Waals surface area contributed by atoms with E-state index in [1.54, 1.807) is 36.4 Å². The number of hydrogen-bond donors (Lipinski definition) is 4. The second kappa shape index (κ2) is 6.28. The van der Waals surface area contributed by atoms with Crippen molar-refractivity contribution in [2.24, 2.45) is 5.73 Å². The van der Waals surface area contributed by atoms with E-state index in [1.807, 2.05) is 0 Å². The predicted molar refractivity (Wildman–Crippen MR) is 101 cm³/mol. The lowest BCUT2D eigenvalue weighted by Crippen LogP contribution is -2.49. The van der Waals surface area contributed by atoms with Gasteiger partial charge in [-0.25, -0.2) is 4.39 Å². The Morgan fingerprint density at radius 2 is 2.12 bits per heavy atom. The smallest absolute Gasteiger partial charge is 0.250 e. The van der Waals surface area contributed by atoms with Crippen molar-refractivity contribution >= 4 is 39.1 Å². The summed E-state index contributed by atoms with van der Waals surface area (Å²) < 4.78 is 15.2. The molecule has 1 saturated heterocycles. The molecule has 0 unspecified atom stereocenters. The van der Waals surface area contributed by atoms with Gasteiger partial charge in [-0.15, -0.1) is 0 Å². The van der Waals surface area contributed by atoms with Gasteiger partial charge in [0.1, 0.15) is 11.4 Å². The number of benzene rings is 2. The molecule has 8 heteroatoms. The maximum atomic E-state index is 14.9. The number of aliphatic hydroxyl groups excluding tert-OH is 1. The van der Waals surface area contributed by atoms with Gasteiger partial charge >= 0.3 is 0 Å². The first-order valence-corrected chi connectivity index (χ1v) is 9.26. The summed E-state index contributed by atoms with van der Waals surface area (Å²) in [5.41, 5.74) is 6.61. The van der Waals surface area contributed by atoms with E-state index in [2.05, 4.69) is 26.6 Å². The third-order valence-corrected chi connectivity index (χ3v) is 6.10. The molecule has 2 aliphatic rings. The van der Waals surface area contributed by atoms with Crippen LogP contribution in [0.3, 0.4) is 0 Å². The van der Waals surface area contributed by atoms with E-state index in [1.165, 1.54) is 0 Å². The topological polar surface area (TPSA) is 87.4 Å². The minimum Gasteiger partial charge on any atom is -0.395 e. The van der Waals surface area contributed by atoms with Crippen LogP contribution in [0.1, 0.15) is 17.0 Å². The molecule has 4 atom stereocenters. The lowest BCUT2D eigenvalue weighted by Gasteiger charge is -2.31. The van der Waals surface area contributed by atoms with Gasteiger partial charge in [-0.05, 0) is 39.7 Å². The molecule has 5 N–H and O–H groups in total. The molecule has 2 aromatic rings. The normalized spacial score (nSPS) is 29.9. The van der Waals surface area contributed by atoms with Crippen LogP contribution < -0.4 is 16.4 Å². The number of halogens is 3. The van der Waals surface area contributed by atoms with Gasteiger partial charge in [0.15, 0.2) is 0 Å². The maximum absolute atomic E-state index is 14.9. The fourth-order valence-electron chi connectivity index (χ4n) is 4.13. The van der Waals surface area contributed by atoms with Crippen LogP contribution in [-0.2, 0) is 10.3 Å². The van der Waals surface area contributed by atoms with Crippen LogP contribution in [-0.4, -0.2) is 29.7 Å². The molecule has 0 saturated carbocycles. The molecule has 4 rings (SSSR count). The maximum Gasteiger partial charge on any atom is 0.250 e. The number of amides is 1. The number of carbonyl (C=O) groups excluding carboxylic acids is 1. The molecule has 1 fully saturated rings. The molecule has 0 radical (unpaired) electrons. The van der Waals surface area contributed by atoms with E-state index >= 15 is 0 Å². The Morgan fingerprint density at radius 1 is 1.35 bits per heavy atom. The molecule has 5 nitrogen and oxygen atoms in total. The molecule has 26 heavy (non-hydrogen) atoms. The number of nitrogens with one attached hydrogen (secondary N) is 2. The fraction of sp³-hybridized carbons (Fsp3) is 0.278. The van der Waals surface area contributed by atoms with Crippen molar-refractivity contribution in [2.45, 2.75) is 23.5 Å². The largest absolute Gasteiger partial charge is 0.395 e. The van der Waals surface area contributed by atoms with E-state index in [9.17, 15) is 14.3 Å². The molecule has 2 heterocycles. The highest BCUT2D eigenvalue weighted by atomic mass is 79.9. The zero-order valence-electron chi connectivity index (χ0n) is 13.5. The van der Waals surface area contributed by atoms with Crippen LogP contribution in [0.4, 0.5) is 10.1 Å². The molecule has 0 aliphatic carbocycles. The van der Waals surface area contributed by atoms with E-state index in [0.29, 0.717) is 26.3 Å². The van der Waals surface area contributed by atoms with Gasteiger partial charge in [0.25, 0.3) is 0 Å². The van der Waals surface area contributed by atoms with Gasteiger partial charge in [-0.3, -0.25) is 10.1 Å². The Hall–Kier alpha value is -1.51. The van der Waals surface area contributed by atoms with Crippen molar-refractivity contribution in [2.75, 3.05) is 11.9 Å². The number of rotatable bonds is 2. The Labute approximate surface area is 162 Å². The average Bonchev–Trinajstić information content (AvgIpc) is 3.05. The van der Waals surface area contributed by atoms with E-state index in [0.717, 1.165) is 0 Å². The van der Waals surface area contributed by atoms with Crippen LogP contribution in [0.2, 0.25) is 5.02 Å². The number of carbonyl (C=O) groups is 1. The summed E-state index contributed by atoms with van der Waals surface area (Å²) in [5.74, 6) is -1.52. The Kier molecular flexibility index (Phi) is 4.32. The standard InChI is InChI=1S/C18H16BrClFN3O2/c19-11-3-1-2-9(15(11)21)14-16(22)13(7-25)24-18(14)10-5-4-8(20)6-12(10)23-17(18)26/h1-6,13-14,16,24-25H,7,22H2,(H,23,26)/t13-,14-,16+,18+/m0/s1. The zero-order chi connectivity index (χ0) is 18.6. The number of aliphatic hydroxyl groups is 1. The Bertz CT molecular complexity index is 912. The summed E-state index contributed by atoms with van der Waals surface area (Å²) in [4.78, 5) is 13.1. The summed E-state index contributed by atoms with van der Waals surface area (Å²) in [5, 5.41) is 16.2. The van der Waals surface area contributed by atoms with Crippen LogP contribution in [0.5, 0.6) is 0 Å². The van der Waals surface area contributed by atoms with Crippen LogP contribution in [0.25, 0.3) is 0 Å². The molecule has 0 bridgehead atoms. The van der Waals surface area contributed by atoms with Crippen molar-refractivity contribution < 1.29 is 14.3 Å². The lowest BCUT2D eigenvalue weighted by molar-refractivity contribution is -0.122. The third-order valence-electron chi connectivity index (χ3n) is 5.26.